The van der Waals surface area contributed by atoms with Crippen LogP contribution in [0.2, 0.25) is 0 Å². The highest BCUT2D eigenvalue weighted by Gasteiger charge is 1.95. The first kappa shape index (κ1) is 12.4. The monoisotopic (exact) mass is 216 g/mol. The van der Waals surface area contributed by atoms with E-state index in [1.165, 1.54) is 12.1 Å². The zero-order chi connectivity index (χ0) is 11.8. The molecular weight excluding hydrogens is 199 g/mol. The largest absolute Gasteiger partial charge is 0.207 e. The molecule has 1 aromatic carbocycles. The van der Waals surface area contributed by atoms with Gasteiger partial charge in [0, 0.05) is 0 Å². The highest BCUT2D eigenvalue weighted by molar-refractivity contribution is 5.22. The summed E-state index contributed by atoms with van der Waals surface area (Å²) in [6.07, 6.45) is 9.74. The summed E-state index contributed by atoms with van der Waals surface area (Å²) in [7, 11) is 0. The number of halogens is 1. The summed E-state index contributed by atoms with van der Waals surface area (Å²) in [6, 6.07) is 6.62. The first-order chi connectivity index (χ1) is 7.72. The van der Waals surface area contributed by atoms with Crippen LogP contribution < -0.4 is 0 Å². The second kappa shape index (κ2) is 6.78. The van der Waals surface area contributed by atoms with E-state index in [-0.39, 0.29) is 5.82 Å². The maximum absolute atomic E-state index is 12.7. The Morgan fingerprint density at radius 2 is 1.94 bits per heavy atom. The van der Waals surface area contributed by atoms with E-state index in [0.29, 0.717) is 0 Å². The second-order valence-corrected chi connectivity index (χ2v) is 3.67. The van der Waals surface area contributed by atoms with Crippen LogP contribution in [0, 0.1) is 5.82 Å². The van der Waals surface area contributed by atoms with E-state index in [2.05, 4.69) is 6.58 Å². The lowest BCUT2D eigenvalue weighted by Crippen LogP contribution is -1.86. The summed E-state index contributed by atoms with van der Waals surface area (Å²) >= 11 is 0. The van der Waals surface area contributed by atoms with E-state index < -0.39 is 0 Å². The Bertz CT molecular complexity index is 382. The number of rotatable bonds is 5. The lowest BCUT2D eigenvalue weighted by molar-refractivity contribution is 0.627. The van der Waals surface area contributed by atoms with Gasteiger partial charge >= 0.3 is 0 Å². The molecule has 0 amide bonds. The van der Waals surface area contributed by atoms with Crippen molar-refractivity contribution in [3.63, 3.8) is 0 Å². The number of aryl methyl sites for hydroxylation is 1. The fourth-order valence-electron chi connectivity index (χ4n) is 1.34. The number of hydrogen-bond acceptors (Lipinski definition) is 0. The van der Waals surface area contributed by atoms with Crippen LogP contribution in [0.1, 0.15) is 18.9 Å². The quantitative estimate of drug-likeness (QED) is 0.638. The minimum Gasteiger partial charge on any atom is -0.207 e. The van der Waals surface area contributed by atoms with Gasteiger partial charge in [-0.05, 0) is 37.5 Å². The van der Waals surface area contributed by atoms with E-state index in [9.17, 15) is 4.39 Å². The van der Waals surface area contributed by atoms with E-state index in [4.69, 9.17) is 0 Å². The lowest BCUT2D eigenvalue weighted by atomic mass is 10.1. The van der Waals surface area contributed by atoms with Crippen molar-refractivity contribution in [3.05, 3.63) is 72.1 Å². The molecule has 0 saturated carbocycles. The van der Waals surface area contributed by atoms with Crippen molar-refractivity contribution in [1.82, 2.24) is 0 Å². The van der Waals surface area contributed by atoms with Gasteiger partial charge in [-0.3, -0.25) is 0 Å². The van der Waals surface area contributed by atoms with Gasteiger partial charge < -0.3 is 0 Å². The Labute approximate surface area is 96.8 Å². The summed E-state index contributed by atoms with van der Waals surface area (Å²) in [4.78, 5) is 0. The molecule has 0 atom stereocenters. The van der Waals surface area contributed by atoms with Crippen molar-refractivity contribution < 1.29 is 4.39 Å². The van der Waals surface area contributed by atoms with Gasteiger partial charge in [0.15, 0.2) is 0 Å². The molecular formula is C15H17F. The van der Waals surface area contributed by atoms with Crippen molar-refractivity contribution >= 4 is 0 Å². The average molecular weight is 216 g/mol. The molecule has 0 aromatic heterocycles. The highest BCUT2D eigenvalue weighted by Crippen LogP contribution is 2.09. The third-order valence-electron chi connectivity index (χ3n) is 2.28. The van der Waals surface area contributed by atoms with Gasteiger partial charge in [-0.25, -0.2) is 4.39 Å². The van der Waals surface area contributed by atoms with Crippen molar-refractivity contribution in [2.45, 2.75) is 19.8 Å². The fraction of sp³-hybridized carbons (Fsp3) is 0.200. The molecule has 0 aliphatic heterocycles. The zero-order valence-corrected chi connectivity index (χ0v) is 9.62. The standard InChI is InChI=1S/C15H17F/c1-3-4-5-6-13(2)7-8-14-9-11-15(16)12-10-14/h3-6,9-12H,2,7-8H2,1H3/b4-3-,6-5-. The lowest BCUT2D eigenvalue weighted by Gasteiger charge is -2.01. The molecule has 1 aromatic rings. The predicted octanol–water partition coefficient (Wildman–Crippen LogP) is 4.45. The maximum atomic E-state index is 12.7. The predicted molar refractivity (Wildman–Crippen MR) is 67.8 cm³/mol. The molecule has 0 heterocycles. The molecule has 84 valence electrons. The number of hydrogen-bond donors (Lipinski definition) is 0. The Balaban J connectivity index is 2.40. The minimum atomic E-state index is -0.185. The Hall–Kier alpha value is -1.63. The van der Waals surface area contributed by atoms with Crippen LogP contribution in [-0.2, 0) is 6.42 Å². The first-order valence-electron chi connectivity index (χ1n) is 5.44. The molecule has 0 spiro atoms. The molecule has 0 unspecified atom stereocenters. The van der Waals surface area contributed by atoms with Gasteiger partial charge in [-0.15, -0.1) is 0 Å². The van der Waals surface area contributed by atoms with Crippen LogP contribution in [0.15, 0.2) is 60.7 Å². The molecule has 0 nitrogen and oxygen atoms in total. The van der Waals surface area contributed by atoms with Gasteiger partial charge in [0.1, 0.15) is 5.82 Å². The SMILES string of the molecule is C=C(/C=C\C=C/C)CCc1ccc(F)cc1. The normalized spacial score (nSPS) is 11.4. The summed E-state index contributed by atoms with van der Waals surface area (Å²) < 4.78 is 12.7. The van der Waals surface area contributed by atoms with Crippen LogP contribution in [0.25, 0.3) is 0 Å². The van der Waals surface area contributed by atoms with Gasteiger partial charge in [0.25, 0.3) is 0 Å². The highest BCUT2D eigenvalue weighted by atomic mass is 19.1. The first-order valence-corrected chi connectivity index (χ1v) is 5.44. The topological polar surface area (TPSA) is 0 Å². The van der Waals surface area contributed by atoms with E-state index >= 15 is 0 Å². The molecule has 0 saturated heterocycles. The van der Waals surface area contributed by atoms with Crippen LogP contribution in [0.5, 0.6) is 0 Å². The molecule has 0 radical (unpaired) electrons. The van der Waals surface area contributed by atoms with Crippen LogP contribution in [0.4, 0.5) is 4.39 Å². The van der Waals surface area contributed by atoms with Gasteiger partial charge in [0.2, 0.25) is 0 Å². The van der Waals surface area contributed by atoms with E-state index in [0.717, 1.165) is 24.0 Å². The molecule has 1 heteroatoms. The van der Waals surface area contributed by atoms with Crippen LogP contribution >= 0.6 is 0 Å². The van der Waals surface area contributed by atoms with E-state index in [1.54, 1.807) is 0 Å². The number of allylic oxidation sites excluding steroid dienone is 5. The van der Waals surface area contributed by atoms with Crippen molar-refractivity contribution in [1.29, 1.82) is 0 Å². The minimum absolute atomic E-state index is 0.185. The molecule has 1 rings (SSSR count). The fourth-order valence-corrected chi connectivity index (χ4v) is 1.34. The van der Waals surface area contributed by atoms with E-state index in [1.807, 2.05) is 43.4 Å². The molecule has 0 aliphatic rings. The molecule has 0 N–H and O–H groups in total. The Morgan fingerprint density at radius 1 is 1.25 bits per heavy atom. The smallest absolute Gasteiger partial charge is 0.123 e. The van der Waals surface area contributed by atoms with Gasteiger partial charge in [-0.1, -0.05) is 48.6 Å². The second-order valence-electron chi connectivity index (χ2n) is 3.67. The molecule has 0 aliphatic carbocycles. The molecule has 0 bridgehead atoms. The van der Waals surface area contributed by atoms with Crippen LogP contribution in [-0.4, -0.2) is 0 Å². The third-order valence-corrected chi connectivity index (χ3v) is 2.28. The summed E-state index contributed by atoms with van der Waals surface area (Å²) in [6.45, 7) is 5.94. The van der Waals surface area contributed by atoms with Crippen molar-refractivity contribution in [3.8, 4) is 0 Å². The molecule has 16 heavy (non-hydrogen) atoms. The van der Waals surface area contributed by atoms with Crippen LogP contribution in [0.3, 0.4) is 0 Å². The zero-order valence-electron chi connectivity index (χ0n) is 9.62. The third kappa shape index (κ3) is 4.74. The van der Waals surface area contributed by atoms with Crippen molar-refractivity contribution in [2.75, 3.05) is 0 Å². The average Bonchev–Trinajstić information content (AvgIpc) is 2.29. The maximum Gasteiger partial charge on any atom is 0.123 e. The summed E-state index contributed by atoms with van der Waals surface area (Å²) in [5.74, 6) is -0.185. The van der Waals surface area contributed by atoms with Gasteiger partial charge in [-0.2, -0.15) is 0 Å². The Kier molecular flexibility index (Phi) is 5.27. The van der Waals surface area contributed by atoms with Crippen molar-refractivity contribution in [2.24, 2.45) is 0 Å². The number of benzene rings is 1. The summed E-state index contributed by atoms with van der Waals surface area (Å²) in [5.41, 5.74) is 2.23. The van der Waals surface area contributed by atoms with Gasteiger partial charge in [0.05, 0.1) is 0 Å². The molecule has 0 fully saturated rings. The summed E-state index contributed by atoms with van der Waals surface area (Å²) in [5, 5.41) is 0. The Morgan fingerprint density at radius 3 is 2.56 bits per heavy atom.